The molecule has 0 aliphatic carbocycles. The first-order valence-electron chi connectivity index (χ1n) is 6.26. The zero-order valence-electron chi connectivity index (χ0n) is 10.6. The monoisotopic (exact) mass is 255 g/mol. The molecule has 4 nitrogen and oxygen atoms in total. The summed E-state index contributed by atoms with van der Waals surface area (Å²) >= 11 is 1.79. The molecule has 0 bridgehead atoms. The lowest BCUT2D eigenvalue weighted by molar-refractivity contribution is 0.121. The van der Waals surface area contributed by atoms with Crippen molar-refractivity contribution < 1.29 is 4.74 Å². The third-order valence-electron chi connectivity index (χ3n) is 3.02. The SMILES string of the molecule is CCCNCc1cnc(N2CCC(OC)C2)s1. The number of nitrogens with zero attached hydrogens (tertiary/aromatic N) is 2. The Bertz CT molecular complexity index is 342. The van der Waals surface area contributed by atoms with Gasteiger partial charge in [-0.15, -0.1) is 11.3 Å². The van der Waals surface area contributed by atoms with Gasteiger partial charge < -0.3 is 15.0 Å². The maximum absolute atomic E-state index is 5.37. The first kappa shape index (κ1) is 12.8. The van der Waals surface area contributed by atoms with Crippen molar-refractivity contribution in [1.29, 1.82) is 0 Å². The van der Waals surface area contributed by atoms with Crippen LogP contribution in [0.4, 0.5) is 5.13 Å². The highest BCUT2D eigenvalue weighted by Crippen LogP contribution is 2.26. The highest BCUT2D eigenvalue weighted by Gasteiger charge is 2.24. The predicted molar refractivity (Wildman–Crippen MR) is 71.7 cm³/mol. The van der Waals surface area contributed by atoms with Gasteiger partial charge in [-0.2, -0.15) is 0 Å². The summed E-state index contributed by atoms with van der Waals surface area (Å²) in [5, 5.41) is 4.54. The second-order valence-electron chi connectivity index (χ2n) is 4.38. The average molecular weight is 255 g/mol. The normalized spacial score (nSPS) is 20.1. The molecule has 0 spiro atoms. The van der Waals surface area contributed by atoms with Gasteiger partial charge in [0.2, 0.25) is 0 Å². The van der Waals surface area contributed by atoms with Gasteiger partial charge in [0.05, 0.1) is 6.10 Å². The van der Waals surface area contributed by atoms with E-state index in [9.17, 15) is 0 Å². The number of hydrogen-bond acceptors (Lipinski definition) is 5. The lowest BCUT2D eigenvalue weighted by Gasteiger charge is -2.13. The van der Waals surface area contributed by atoms with Crippen molar-refractivity contribution in [2.24, 2.45) is 0 Å². The molecule has 1 unspecified atom stereocenters. The first-order valence-corrected chi connectivity index (χ1v) is 7.08. The largest absolute Gasteiger partial charge is 0.380 e. The van der Waals surface area contributed by atoms with E-state index in [1.165, 1.54) is 11.3 Å². The van der Waals surface area contributed by atoms with Crippen LogP contribution in [0, 0.1) is 0 Å². The smallest absolute Gasteiger partial charge is 0.185 e. The molecule has 2 rings (SSSR count). The molecule has 0 amide bonds. The van der Waals surface area contributed by atoms with Crippen molar-refractivity contribution in [2.75, 3.05) is 31.6 Å². The fraction of sp³-hybridized carbons (Fsp3) is 0.750. The highest BCUT2D eigenvalue weighted by atomic mass is 32.1. The Kier molecular flexibility index (Phi) is 4.76. The minimum atomic E-state index is 0.376. The summed E-state index contributed by atoms with van der Waals surface area (Å²) in [6, 6.07) is 0. The fourth-order valence-electron chi connectivity index (χ4n) is 2.01. The van der Waals surface area contributed by atoms with Crippen molar-refractivity contribution in [1.82, 2.24) is 10.3 Å². The number of hydrogen-bond donors (Lipinski definition) is 1. The molecule has 17 heavy (non-hydrogen) atoms. The van der Waals surface area contributed by atoms with Crippen LogP contribution in [0.1, 0.15) is 24.6 Å². The maximum Gasteiger partial charge on any atom is 0.185 e. The number of rotatable bonds is 6. The zero-order chi connectivity index (χ0) is 12.1. The molecule has 5 heteroatoms. The Hall–Kier alpha value is -0.650. The summed E-state index contributed by atoms with van der Waals surface area (Å²) in [7, 11) is 1.79. The van der Waals surface area contributed by atoms with Gasteiger partial charge in [0.1, 0.15) is 0 Å². The summed E-state index contributed by atoms with van der Waals surface area (Å²) < 4.78 is 5.37. The molecule has 0 radical (unpaired) electrons. The van der Waals surface area contributed by atoms with Crippen LogP contribution < -0.4 is 10.2 Å². The molecule has 2 heterocycles. The molecule has 0 aromatic carbocycles. The Balaban J connectivity index is 1.85. The van der Waals surface area contributed by atoms with Gasteiger partial charge in [-0.25, -0.2) is 4.98 Å². The van der Waals surface area contributed by atoms with Crippen LogP contribution in [0.5, 0.6) is 0 Å². The van der Waals surface area contributed by atoms with E-state index in [2.05, 4.69) is 22.1 Å². The highest BCUT2D eigenvalue weighted by molar-refractivity contribution is 7.15. The van der Waals surface area contributed by atoms with E-state index in [-0.39, 0.29) is 0 Å². The molecule has 1 aliphatic heterocycles. The second kappa shape index (κ2) is 6.33. The molecule has 0 saturated carbocycles. The van der Waals surface area contributed by atoms with E-state index in [0.717, 1.165) is 37.7 Å². The van der Waals surface area contributed by atoms with Gasteiger partial charge in [0.25, 0.3) is 0 Å². The molecular formula is C12H21N3OS. The number of nitrogens with one attached hydrogen (secondary N) is 1. The standard InChI is InChI=1S/C12H21N3OS/c1-3-5-13-7-11-8-14-12(17-11)15-6-4-10(9-15)16-2/h8,10,13H,3-7,9H2,1-2H3. The van der Waals surface area contributed by atoms with Crippen LogP contribution in [0.3, 0.4) is 0 Å². The number of aromatic nitrogens is 1. The van der Waals surface area contributed by atoms with Gasteiger partial charge in [0.15, 0.2) is 5.13 Å². The second-order valence-corrected chi connectivity index (χ2v) is 5.47. The van der Waals surface area contributed by atoms with Crippen LogP contribution in [-0.4, -0.2) is 37.8 Å². The molecule has 1 aliphatic rings. The summed E-state index contributed by atoms with van der Waals surface area (Å²) in [6.45, 7) is 6.23. The molecular weight excluding hydrogens is 234 g/mol. The van der Waals surface area contributed by atoms with Crippen LogP contribution in [-0.2, 0) is 11.3 Å². The summed E-state index contributed by atoms with van der Waals surface area (Å²) in [5.74, 6) is 0. The quantitative estimate of drug-likeness (QED) is 0.787. The van der Waals surface area contributed by atoms with Gasteiger partial charge in [-0.3, -0.25) is 0 Å². The molecule has 1 aromatic heterocycles. The Morgan fingerprint density at radius 2 is 2.53 bits per heavy atom. The van der Waals surface area contributed by atoms with E-state index in [1.54, 1.807) is 18.4 Å². The van der Waals surface area contributed by atoms with Crippen LogP contribution in [0.15, 0.2) is 6.20 Å². The van der Waals surface area contributed by atoms with Crippen molar-refractivity contribution in [3.63, 3.8) is 0 Å². The minimum Gasteiger partial charge on any atom is -0.380 e. The van der Waals surface area contributed by atoms with E-state index in [4.69, 9.17) is 4.74 Å². The molecule has 1 N–H and O–H groups in total. The first-order chi connectivity index (χ1) is 8.33. The van der Waals surface area contributed by atoms with Crippen molar-refractivity contribution in [2.45, 2.75) is 32.4 Å². The van der Waals surface area contributed by atoms with Crippen molar-refractivity contribution >= 4 is 16.5 Å². The van der Waals surface area contributed by atoms with Gasteiger partial charge in [-0.05, 0) is 19.4 Å². The Labute approximate surface area is 107 Å². The van der Waals surface area contributed by atoms with E-state index in [1.807, 2.05) is 6.20 Å². The van der Waals surface area contributed by atoms with E-state index in [0.29, 0.717) is 6.10 Å². The Morgan fingerprint density at radius 1 is 1.65 bits per heavy atom. The fourth-order valence-corrected chi connectivity index (χ4v) is 2.92. The predicted octanol–water partition coefficient (Wildman–Crippen LogP) is 1.87. The van der Waals surface area contributed by atoms with Crippen LogP contribution in [0.25, 0.3) is 0 Å². The zero-order valence-corrected chi connectivity index (χ0v) is 11.4. The topological polar surface area (TPSA) is 37.4 Å². The number of ether oxygens (including phenoxy) is 1. The Morgan fingerprint density at radius 3 is 3.24 bits per heavy atom. The minimum absolute atomic E-state index is 0.376. The van der Waals surface area contributed by atoms with Gasteiger partial charge in [0, 0.05) is 37.8 Å². The summed E-state index contributed by atoms with van der Waals surface area (Å²) in [6.07, 6.45) is 4.65. The molecule has 1 saturated heterocycles. The lowest BCUT2D eigenvalue weighted by atomic mass is 10.3. The average Bonchev–Trinajstić information content (AvgIpc) is 2.97. The number of methoxy groups -OCH3 is 1. The van der Waals surface area contributed by atoms with Crippen molar-refractivity contribution in [3.05, 3.63) is 11.1 Å². The maximum atomic E-state index is 5.37. The van der Waals surface area contributed by atoms with E-state index < -0.39 is 0 Å². The van der Waals surface area contributed by atoms with E-state index >= 15 is 0 Å². The third kappa shape index (κ3) is 3.40. The number of anilines is 1. The summed E-state index contributed by atoms with van der Waals surface area (Å²) in [5.41, 5.74) is 0. The van der Waals surface area contributed by atoms with Crippen molar-refractivity contribution in [3.8, 4) is 0 Å². The molecule has 1 aromatic rings. The van der Waals surface area contributed by atoms with Gasteiger partial charge in [-0.1, -0.05) is 6.92 Å². The molecule has 96 valence electrons. The van der Waals surface area contributed by atoms with Crippen LogP contribution in [0.2, 0.25) is 0 Å². The molecule has 1 fully saturated rings. The number of thiazole rings is 1. The van der Waals surface area contributed by atoms with Crippen LogP contribution >= 0.6 is 11.3 Å². The summed E-state index contributed by atoms with van der Waals surface area (Å²) in [4.78, 5) is 8.13. The third-order valence-corrected chi connectivity index (χ3v) is 4.07. The molecule has 1 atom stereocenters. The lowest BCUT2D eigenvalue weighted by Crippen LogP contribution is -2.21. The van der Waals surface area contributed by atoms with Gasteiger partial charge >= 0.3 is 0 Å².